The Balaban J connectivity index is 2.53. The first-order valence-corrected chi connectivity index (χ1v) is 6.75. The first-order chi connectivity index (χ1) is 8.58. The molecular weight excluding hydrogens is 253 g/mol. The van der Waals surface area contributed by atoms with Crippen molar-refractivity contribution in [3.05, 3.63) is 34.6 Å². The molecule has 1 rings (SSSR count). The number of aliphatic hydroxyl groups is 1. The molecule has 1 aromatic rings. The highest BCUT2D eigenvalue weighted by Crippen LogP contribution is 2.21. The molecule has 0 amide bonds. The normalized spacial score (nSPS) is 14.5. The monoisotopic (exact) mass is 273 g/mol. The van der Waals surface area contributed by atoms with Gasteiger partial charge in [-0.15, -0.1) is 0 Å². The second kappa shape index (κ2) is 7.72. The van der Waals surface area contributed by atoms with Crippen LogP contribution in [0.1, 0.15) is 38.3 Å². The van der Waals surface area contributed by atoms with Gasteiger partial charge in [0.05, 0.1) is 5.02 Å². The summed E-state index contributed by atoms with van der Waals surface area (Å²) in [4.78, 5) is 0. The first kappa shape index (κ1) is 15.4. The maximum absolute atomic E-state index is 13.1. The van der Waals surface area contributed by atoms with Crippen LogP contribution in [0.3, 0.4) is 0 Å². The third kappa shape index (κ3) is 4.56. The van der Waals surface area contributed by atoms with Gasteiger partial charge in [0.15, 0.2) is 0 Å². The number of hydrogen-bond acceptors (Lipinski definition) is 2. The fourth-order valence-corrected chi connectivity index (χ4v) is 2.07. The molecule has 0 aliphatic carbocycles. The lowest BCUT2D eigenvalue weighted by Gasteiger charge is -2.19. The highest BCUT2D eigenvalue weighted by atomic mass is 35.5. The summed E-state index contributed by atoms with van der Waals surface area (Å²) in [6, 6.07) is 4.91. The van der Waals surface area contributed by atoms with Crippen LogP contribution in [0.2, 0.25) is 5.02 Å². The number of aliphatic hydroxyl groups excluding tert-OH is 1. The Kier molecular flexibility index (Phi) is 6.61. The van der Waals surface area contributed by atoms with E-state index in [-0.39, 0.29) is 23.5 Å². The smallest absolute Gasteiger partial charge is 0.141 e. The summed E-state index contributed by atoms with van der Waals surface area (Å²) in [7, 11) is 0. The lowest BCUT2D eigenvalue weighted by atomic mass is 10.0. The molecule has 0 fully saturated rings. The van der Waals surface area contributed by atoms with Crippen LogP contribution < -0.4 is 5.32 Å². The van der Waals surface area contributed by atoms with E-state index in [1.54, 1.807) is 12.1 Å². The summed E-state index contributed by atoms with van der Waals surface area (Å²) in [5.74, 6) is 0.0766. The van der Waals surface area contributed by atoms with E-state index in [0.29, 0.717) is 5.92 Å². The molecule has 0 aliphatic rings. The molecule has 2 atom stereocenters. The molecule has 4 heteroatoms. The molecule has 2 nitrogen and oxygen atoms in total. The molecule has 2 unspecified atom stereocenters. The van der Waals surface area contributed by atoms with Gasteiger partial charge in [-0.1, -0.05) is 31.0 Å². The summed E-state index contributed by atoms with van der Waals surface area (Å²) in [5, 5.41) is 12.5. The number of rotatable bonds is 7. The summed E-state index contributed by atoms with van der Waals surface area (Å²) in [6.45, 7) is 5.20. The molecule has 18 heavy (non-hydrogen) atoms. The van der Waals surface area contributed by atoms with Crippen molar-refractivity contribution in [1.82, 2.24) is 5.32 Å². The van der Waals surface area contributed by atoms with Gasteiger partial charge in [-0.3, -0.25) is 0 Å². The van der Waals surface area contributed by atoms with E-state index in [4.69, 9.17) is 16.7 Å². The van der Waals surface area contributed by atoms with E-state index in [1.165, 1.54) is 6.07 Å². The zero-order valence-corrected chi connectivity index (χ0v) is 11.7. The van der Waals surface area contributed by atoms with Crippen molar-refractivity contribution in [3.63, 3.8) is 0 Å². The third-order valence-corrected chi connectivity index (χ3v) is 3.56. The first-order valence-electron chi connectivity index (χ1n) is 6.37. The SMILES string of the molecule is CCC(CCO)CNC(C)c1ccc(F)c(Cl)c1. The van der Waals surface area contributed by atoms with Crippen molar-refractivity contribution in [2.24, 2.45) is 5.92 Å². The molecule has 0 saturated carbocycles. The molecule has 0 heterocycles. The van der Waals surface area contributed by atoms with Crippen molar-refractivity contribution in [3.8, 4) is 0 Å². The Labute approximate surface area is 113 Å². The van der Waals surface area contributed by atoms with Crippen molar-refractivity contribution in [1.29, 1.82) is 0 Å². The average Bonchev–Trinajstić information content (AvgIpc) is 2.37. The summed E-state index contributed by atoms with van der Waals surface area (Å²) in [6.07, 6.45) is 1.84. The fraction of sp³-hybridized carbons (Fsp3) is 0.571. The Morgan fingerprint density at radius 3 is 2.72 bits per heavy atom. The maximum atomic E-state index is 13.1. The number of benzene rings is 1. The molecule has 0 saturated heterocycles. The molecule has 2 N–H and O–H groups in total. The van der Waals surface area contributed by atoms with E-state index >= 15 is 0 Å². The highest BCUT2D eigenvalue weighted by Gasteiger charge is 2.11. The molecule has 0 radical (unpaired) electrons. The predicted molar refractivity (Wildman–Crippen MR) is 73.3 cm³/mol. The largest absolute Gasteiger partial charge is 0.396 e. The van der Waals surface area contributed by atoms with Gasteiger partial charge in [0.2, 0.25) is 0 Å². The molecule has 0 spiro atoms. The van der Waals surface area contributed by atoms with E-state index in [1.807, 2.05) is 6.92 Å². The van der Waals surface area contributed by atoms with Crippen molar-refractivity contribution in [2.75, 3.05) is 13.2 Å². The van der Waals surface area contributed by atoms with Crippen molar-refractivity contribution >= 4 is 11.6 Å². The Hall–Kier alpha value is -0.640. The van der Waals surface area contributed by atoms with Crippen LogP contribution in [0, 0.1) is 11.7 Å². The predicted octanol–water partition coefficient (Wildman–Crippen LogP) is 3.54. The number of nitrogens with one attached hydrogen (secondary N) is 1. The van der Waals surface area contributed by atoms with E-state index in [9.17, 15) is 4.39 Å². The Morgan fingerprint density at radius 2 is 2.17 bits per heavy atom. The molecule has 0 aliphatic heterocycles. The summed E-state index contributed by atoms with van der Waals surface area (Å²) >= 11 is 5.76. The zero-order valence-electron chi connectivity index (χ0n) is 10.9. The zero-order chi connectivity index (χ0) is 13.5. The lowest BCUT2D eigenvalue weighted by Crippen LogP contribution is -2.26. The van der Waals surface area contributed by atoms with Crippen LogP contribution in [0.15, 0.2) is 18.2 Å². The average molecular weight is 274 g/mol. The number of halogens is 2. The molecule has 1 aromatic carbocycles. The van der Waals surface area contributed by atoms with Gasteiger partial charge >= 0.3 is 0 Å². The van der Waals surface area contributed by atoms with Crippen molar-refractivity contribution in [2.45, 2.75) is 32.7 Å². The molecule has 0 bridgehead atoms. The van der Waals surface area contributed by atoms with Crippen LogP contribution in [0.25, 0.3) is 0 Å². The van der Waals surface area contributed by atoms with Gasteiger partial charge in [-0.05, 0) is 43.5 Å². The lowest BCUT2D eigenvalue weighted by molar-refractivity contribution is 0.249. The summed E-state index contributed by atoms with van der Waals surface area (Å²) < 4.78 is 13.1. The topological polar surface area (TPSA) is 32.3 Å². The van der Waals surface area contributed by atoms with Gasteiger partial charge in [-0.2, -0.15) is 0 Å². The third-order valence-electron chi connectivity index (χ3n) is 3.27. The molecule has 0 aromatic heterocycles. The van der Waals surface area contributed by atoms with Gasteiger partial charge in [0, 0.05) is 12.6 Å². The van der Waals surface area contributed by atoms with Crippen LogP contribution in [-0.4, -0.2) is 18.3 Å². The van der Waals surface area contributed by atoms with Crippen molar-refractivity contribution < 1.29 is 9.50 Å². The molecule has 102 valence electrons. The maximum Gasteiger partial charge on any atom is 0.141 e. The second-order valence-electron chi connectivity index (χ2n) is 4.59. The van der Waals surface area contributed by atoms with Crippen LogP contribution >= 0.6 is 11.6 Å². The summed E-state index contributed by atoms with van der Waals surface area (Å²) in [5.41, 5.74) is 0.972. The van der Waals surface area contributed by atoms with Crippen LogP contribution in [0.4, 0.5) is 4.39 Å². The van der Waals surface area contributed by atoms with Crippen LogP contribution in [-0.2, 0) is 0 Å². The van der Waals surface area contributed by atoms with Crippen LogP contribution in [0.5, 0.6) is 0 Å². The molecular formula is C14H21ClFNO. The van der Waals surface area contributed by atoms with E-state index in [0.717, 1.165) is 24.9 Å². The quantitative estimate of drug-likeness (QED) is 0.796. The minimum absolute atomic E-state index is 0.121. The van der Waals surface area contributed by atoms with E-state index in [2.05, 4.69) is 12.2 Å². The van der Waals surface area contributed by atoms with Gasteiger partial charge in [0.25, 0.3) is 0 Å². The highest BCUT2D eigenvalue weighted by molar-refractivity contribution is 6.30. The standard InChI is InChI=1S/C14H21ClFNO/c1-3-11(6-7-18)9-17-10(2)12-4-5-14(16)13(15)8-12/h4-5,8,10-11,17-18H,3,6-7,9H2,1-2H3. The van der Waals surface area contributed by atoms with Gasteiger partial charge in [0.1, 0.15) is 5.82 Å². The number of hydrogen-bond donors (Lipinski definition) is 2. The Morgan fingerprint density at radius 1 is 1.44 bits per heavy atom. The minimum atomic E-state index is -0.390. The van der Waals surface area contributed by atoms with E-state index < -0.39 is 0 Å². The van der Waals surface area contributed by atoms with Gasteiger partial charge in [-0.25, -0.2) is 4.39 Å². The second-order valence-corrected chi connectivity index (χ2v) is 5.00. The van der Waals surface area contributed by atoms with Gasteiger partial charge < -0.3 is 10.4 Å². The fourth-order valence-electron chi connectivity index (χ4n) is 1.88. The Bertz CT molecular complexity index is 373. The minimum Gasteiger partial charge on any atom is -0.396 e.